The lowest BCUT2D eigenvalue weighted by molar-refractivity contribution is -0.139. The molecule has 0 aliphatic carbocycles. The van der Waals surface area contributed by atoms with E-state index in [9.17, 15) is 33.9 Å². The molecule has 1 aliphatic heterocycles. The van der Waals surface area contributed by atoms with Crippen molar-refractivity contribution in [3.05, 3.63) is 52.1 Å². The van der Waals surface area contributed by atoms with Gasteiger partial charge in [-0.3, -0.25) is 24.2 Å². The SMILES string of the molecule is Nc1nc2ncc(CNc3ccc(C(=O)NC(CCC(=O)NCCOCCOCCNC(=O)CCCC[Si]4(O)CCCCC4)C(=O)O)cc3)nc2c(=O)[nH]1. The maximum Gasteiger partial charge on any atom is 0.326 e. The second kappa shape index (κ2) is 21.7. The number of benzene rings is 1. The fourth-order valence-electron chi connectivity index (χ4n) is 5.99. The van der Waals surface area contributed by atoms with Gasteiger partial charge in [-0.15, -0.1) is 0 Å². The number of carboxylic acid groups (broad SMARTS) is 1. The molecule has 294 valence electrons. The summed E-state index contributed by atoms with van der Waals surface area (Å²) in [7, 11) is -2.04. The molecule has 54 heavy (non-hydrogen) atoms. The number of aromatic amines is 1. The van der Waals surface area contributed by atoms with Crippen LogP contribution in [0.25, 0.3) is 11.2 Å². The highest BCUT2D eigenvalue weighted by Gasteiger charge is 2.32. The van der Waals surface area contributed by atoms with Gasteiger partial charge in [0.15, 0.2) is 19.5 Å². The Morgan fingerprint density at radius 1 is 0.907 bits per heavy atom. The molecule has 0 bridgehead atoms. The van der Waals surface area contributed by atoms with E-state index in [0.717, 1.165) is 43.8 Å². The zero-order chi connectivity index (χ0) is 38.8. The third-order valence-electron chi connectivity index (χ3n) is 8.96. The number of nitrogens with zero attached hydrogens (tertiary/aromatic N) is 3. The molecule has 3 heterocycles. The predicted octanol–water partition coefficient (Wildman–Crippen LogP) is 1.43. The van der Waals surface area contributed by atoms with Gasteiger partial charge in [-0.05, 0) is 55.2 Å². The van der Waals surface area contributed by atoms with Gasteiger partial charge in [0, 0.05) is 37.2 Å². The van der Waals surface area contributed by atoms with E-state index in [-0.39, 0.29) is 67.0 Å². The van der Waals surface area contributed by atoms with Gasteiger partial charge < -0.3 is 46.4 Å². The van der Waals surface area contributed by atoms with Crippen molar-refractivity contribution in [3.63, 3.8) is 0 Å². The number of nitrogens with one attached hydrogen (secondary N) is 5. The number of unbranched alkanes of at least 4 members (excludes halogenated alkanes) is 1. The fraction of sp³-hybridized carbons (Fsp3) is 0.543. The molecule has 1 aromatic carbocycles. The number of ether oxygens (including phenoxy) is 2. The number of anilines is 2. The Bertz CT molecular complexity index is 1750. The maximum absolute atomic E-state index is 12.8. The van der Waals surface area contributed by atoms with Crippen LogP contribution in [0, 0.1) is 0 Å². The summed E-state index contributed by atoms with van der Waals surface area (Å²) in [5, 5.41) is 20.7. The van der Waals surface area contributed by atoms with Crippen LogP contribution in [0.3, 0.4) is 0 Å². The Balaban J connectivity index is 1.02. The number of aliphatic carboxylic acids is 1. The van der Waals surface area contributed by atoms with Crippen LogP contribution >= 0.6 is 0 Å². The number of nitrogen functional groups attached to an aromatic ring is 1. The Morgan fingerprint density at radius 3 is 2.24 bits per heavy atom. The normalized spacial score (nSPS) is 14.2. The maximum atomic E-state index is 12.8. The highest BCUT2D eigenvalue weighted by molar-refractivity contribution is 6.72. The van der Waals surface area contributed by atoms with Crippen molar-refractivity contribution in [3.8, 4) is 0 Å². The van der Waals surface area contributed by atoms with Crippen molar-refractivity contribution < 1.29 is 38.6 Å². The summed E-state index contributed by atoms with van der Waals surface area (Å²) in [6.45, 7) is 2.06. The van der Waals surface area contributed by atoms with Gasteiger partial charge in [-0.2, -0.15) is 4.98 Å². The van der Waals surface area contributed by atoms with Crippen LogP contribution in [0.4, 0.5) is 11.6 Å². The number of carbonyl (C=O) groups is 4. The molecule has 0 radical (unpaired) electrons. The number of aromatic nitrogens is 4. The Labute approximate surface area is 313 Å². The Morgan fingerprint density at radius 2 is 1.57 bits per heavy atom. The van der Waals surface area contributed by atoms with Gasteiger partial charge in [0.05, 0.1) is 44.9 Å². The topological polar surface area (TPSA) is 273 Å². The first kappa shape index (κ1) is 41.8. The monoisotopic (exact) mass is 769 g/mol. The molecule has 2 aromatic heterocycles. The minimum absolute atomic E-state index is 0.0164. The number of H-pyrrole nitrogens is 1. The molecular weight excluding hydrogens is 719 g/mol. The smallest absolute Gasteiger partial charge is 0.326 e. The van der Waals surface area contributed by atoms with E-state index >= 15 is 0 Å². The number of rotatable bonds is 23. The minimum Gasteiger partial charge on any atom is -0.480 e. The van der Waals surface area contributed by atoms with E-state index in [1.54, 1.807) is 12.1 Å². The van der Waals surface area contributed by atoms with Crippen molar-refractivity contribution in [2.45, 2.75) is 82.1 Å². The molecule has 3 aromatic rings. The van der Waals surface area contributed by atoms with Gasteiger partial charge in [-0.1, -0.05) is 25.7 Å². The van der Waals surface area contributed by atoms with Crippen molar-refractivity contribution >= 4 is 54.8 Å². The Kier molecular flexibility index (Phi) is 16.7. The zero-order valence-corrected chi connectivity index (χ0v) is 31.4. The van der Waals surface area contributed by atoms with E-state index < -0.39 is 31.8 Å². The van der Waals surface area contributed by atoms with Crippen LogP contribution in [0.1, 0.15) is 67.4 Å². The highest BCUT2D eigenvalue weighted by Crippen LogP contribution is 2.30. The molecule has 1 atom stereocenters. The molecule has 0 spiro atoms. The predicted molar refractivity (Wildman–Crippen MR) is 202 cm³/mol. The van der Waals surface area contributed by atoms with Gasteiger partial charge in [0.25, 0.3) is 11.5 Å². The summed E-state index contributed by atoms with van der Waals surface area (Å²) < 4.78 is 10.9. The molecule has 1 aliphatic rings. The first-order chi connectivity index (χ1) is 26.0. The molecule has 3 amide bonds. The third-order valence-corrected chi connectivity index (χ3v) is 12.8. The fourth-order valence-corrected chi connectivity index (χ4v) is 9.46. The Hall–Kier alpha value is -4.98. The quantitative estimate of drug-likeness (QED) is 0.0501. The summed E-state index contributed by atoms with van der Waals surface area (Å²) in [4.78, 5) is 86.3. The highest BCUT2D eigenvalue weighted by atomic mass is 28.4. The molecule has 9 N–H and O–H groups in total. The summed E-state index contributed by atoms with van der Waals surface area (Å²) in [6, 6.07) is 7.92. The van der Waals surface area contributed by atoms with Crippen molar-refractivity contribution in [2.75, 3.05) is 50.6 Å². The first-order valence-corrected chi connectivity index (χ1v) is 20.9. The van der Waals surface area contributed by atoms with Crippen molar-refractivity contribution in [1.82, 2.24) is 35.9 Å². The van der Waals surface area contributed by atoms with Crippen LogP contribution in [-0.2, 0) is 30.4 Å². The molecular formula is C35H51N9O9Si. The summed E-state index contributed by atoms with van der Waals surface area (Å²) in [5.74, 6) is -2.33. The molecule has 1 fully saturated rings. The number of hydrogen-bond acceptors (Lipinski definition) is 13. The number of carbonyl (C=O) groups excluding carboxylic acids is 3. The van der Waals surface area contributed by atoms with E-state index in [4.69, 9.17) is 15.2 Å². The van der Waals surface area contributed by atoms with Crippen LogP contribution < -0.4 is 32.6 Å². The molecule has 1 saturated heterocycles. The number of hydrogen-bond donors (Lipinski definition) is 8. The standard InChI is InChI=1S/C35H51N9O9Si/c36-35-43-31-30(33(48)44-35)41-26(23-40-31)22-39-25-9-7-24(8-10-25)32(47)42-27(34(49)50)11-12-29(46)38-14-16-53-18-17-52-15-13-37-28(45)6-2-5-21-54(51)19-3-1-4-20-54/h7-10,23,27,39,51H,1-6,11-22H2,(H,37,45)(H,38,46)(H,42,47)(H,49,50)(H3,36,40,43,44,48). The number of fused-ring (bicyclic) bond motifs is 1. The van der Waals surface area contributed by atoms with Crippen LogP contribution in [0.2, 0.25) is 18.1 Å². The number of amides is 3. The largest absolute Gasteiger partial charge is 0.480 e. The van der Waals surface area contributed by atoms with Gasteiger partial charge >= 0.3 is 5.97 Å². The molecule has 19 heteroatoms. The van der Waals surface area contributed by atoms with Crippen molar-refractivity contribution in [2.24, 2.45) is 0 Å². The molecule has 18 nitrogen and oxygen atoms in total. The van der Waals surface area contributed by atoms with Gasteiger partial charge in [0.1, 0.15) is 6.04 Å². The van der Waals surface area contributed by atoms with Gasteiger partial charge in [-0.25, -0.2) is 14.8 Å². The van der Waals surface area contributed by atoms with E-state index in [1.807, 2.05) is 0 Å². The lowest BCUT2D eigenvalue weighted by atomic mass is 10.1. The summed E-state index contributed by atoms with van der Waals surface area (Å²) in [6.07, 6.45) is 6.87. The van der Waals surface area contributed by atoms with Crippen molar-refractivity contribution in [1.29, 1.82) is 0 Å². The average Bonchev–Trinajstić information content (AvgIpc) is 3.15. The van der Waals surface area contributed by atoms with Crippen LogP contribution in [-0.4, -0.2) is 107 Å². The zero-order valence-electron chi connectivity index (χ0n) is 30.4. The second-order valence-corrected chi connectivity index (χ2v) is 17.2. The average molecular weight is 770 g/mol. The number of nitrogens with two attached hydrogens (primary N) is 1. The summed E-state index contributed by atoms with van der Waals surface area (Å²) in [5.41, 5.74) is 6.54. The third kappa shape index (κ3) is 14.4. The molecule has 0 saturated carbocycles. The molecule has 1 unspecified atom stereocenters. The van der Waals surface area contributed by atoms with Crippen LogP contribution in [0.15, 0.2) is 35.3 Å². The van der Waals surface area contributed by atoms with E-state index in [2.05, 4.69) is 41.2 Å². The minimum atomic E-state index is -2.04. The second-order valence-electron chi connectivity index (χ2n) is 13.2. The lowest BCUT2D eigenvalue weighted by Gasteiger charge is -2.29. The van der Waals surface area contributed by atoms with E-state index in [1.165, 1.54) is 24.8 Å². The molecule has 4 rings (SSSR count). The first-order valence-electron chi connectivity index (χ1n) is 18.3. The van der Waals surface area contributed by atoms with Crippen LogP contribution in [0.5, 0.6) is 0 Å². The summed E-state index contributed by atoms with van der Waals surface area (Å²) >= 11 is 0. The van der Waals surface area contributed by atoms with E-state index in [0.29, 0.717) is 44.2 Å². The van der Waals surface area contributed by atoms with Gasteiger partial charge in [0.2, 0.25) is 17.8 Å². The number of carboxylic acids is 1. The lowest BCUT2D eigenvalue weighted by Crippen LogP contribution is -2.41.